The number of H-pyrrole nitrogens is 2. The number of fused-ring (bicyclic) bond motifs is 1. The third-order valence-electron chi connectivity index (χ3n) is 4.71. The van der Waals surface area contributed by atoms with E-state index in [1.165, 1.54) is 0 Å². The lowest BCUT2D eigenvalue weighted by molar-refractivity contribution is -0.0754. The Hall–Kier alpha value is -1.59. The van der Waals surface area contributed by atoms with Crippen molar-refractivity contribution < 1.29 is 5.11 Å². The highest BCUT2D eigenvalue weighted by atomic mass is 16.3. The third-order valence-corrected chi connectivity index (χ3v) is 4.71. The fraction of sp³-hybridized carbons (Fsp3) is 0.533. The van der Waals surface area contributed by atoms with Crippen LogP contribution in [0.15, 0.2) is 23.0 Å². The zero-order chi connectivity index (χ0) is 14.5. The van der Waals surface area contributed by atoms with E-state index in [-0.39, 0.29) is 23.3 Å². The molecule has 1 aliphatic carbocycles. The van der Waals surface area contributed by atoms with E-state index >= 15 is 0 Å². The Balaban J connectivity index is 1.79. The summed E-state index contributed by atoms with van der Waals surface area (Å²) in [6, 6.07) is 6.42. The molecule has 1 fully saturated rings. The first-order valence-electron chi connectivity index (χ1n) is 7.04. The summed E-state index contributed by atoms with van der Waals surface area (Å²) in [5.41, 5.74) is 2.52. The van der Waals surface area contributed by atoms with Crippen LogP contribution < -0.4 is 11.0 Å². The lowest BCUT2D eigenvalue weighted by Gasteiger charge is -2.50. The van der Waals surface area contributed by atoms with Crippen molar-refractivity contribution in [2.75, 3.05) is 0 Å². The van der Waals surface area contributed by atoms with Gasteiger partial charge in [-0.25, -0.2) is 4.79 Å². The van der Waals surface area contributed by atoms with Gasteiger partial charge in [0.15, 0.2) is 0 Å². The first-order chi connectivity index (χ1) is 9.38. The van der Waals surface area contributed by atoms with E-state index in [0.29, 0.717) is 6.04 Å². The van der Waals surface area contributed by atoms with Crippen molar-refractivity contribution in [2.45, 2.75) is 45.4 Å². The number of benzene rings is 1. The van der Waals surface area contributed by atoms with Gasteiger partial charge in [0, 0.05) is 17.5 Å². The van der Waals surface area contributed by atoms with Gasteiger partial charge in [0.25, 0.3) is 0 Å². The molecule has 4 N–H and O–H groups in total. The van der Waals surface area contributed by atoms with Crippen LogP contribution in [0, 0.1) is 5.41 Å². The van der Waals surface area contributed by atoms with Crippen molar-refractivity contribution in [1.82, 2.24) is 15.3 Å². The molecule has 1 aromatic heterocycles. The van der Waals surface area contributed by atoms with Gasteiger partial charge in [0.2, 0.25) is 0 Å². The molecule has 3 unspecified atom stereocenters. The molecule has 1 aromatic carbocycles. The summed E-state index contributed by atoms with van der Waals surface area (Å²) in [7, 11) is 0. The number of rotatable bonds is 3. The molecule has 0 spiro atoms. The predicted octanol–water partition coefficient (Wildman–Crippen LogP) is 1.67. The molecule has 5 heteroatoms. The normalized spacial score (nSPS) is 26.4. The highest BCUT2D eigenvalue weighted by molar-refractivity contribution is 5.75. The number of imidazole rings is 1. The van der Waals surface area contributed by atoms with Crippen LogP contribution in [0.3, 0.4) is 0 Å². The van der Waals surface area contributed by atoms with Crippen LogP contribution in [0.1, 0.15) is 38.8 Å². The molecule has 0 aliphatic heterocycles. The first kappa shape index (κ1) is 13.4. The van der Waals surface area contributed by atoms with Gasteiger partial charge >= 0.3 is 5.69 Å². The van der Waals surface area contributed by atoms with Crippen LogP contribution in [-0.2, 0) is 0 Å². The Morgan fingerprint density at radius 3 is 2.70 bits per heavy atom. The van der Waals surface area contributed by atoms with Gasteiger partial charge in [0.1, 0.15) is 0 Å². The Labute approximate surface area is 117 Å². The third kappa shape index (κ3) is 2.07. The van der Waals surface area contributed by atoms with Crippen molar-refractivity contribution in [2.24, 2.45) is 5.41 Å². The van der Waals surface area contributed by atoms with Crippen molar-refractivity contribution in [3.05, 3.63) is 34.2 Å². The van der Waals surface area contributed by atoms with Gasteiger partial charge in [-0.3, -0.25) is 0 Å². The van der Waals surface area contributed by atoms with Gasteiger partial charge in [-0.15, -0.1) is 0 Å². The fourth-order valence-electron chi connectivity index (χ4n) is 2.90. The topological polar surface area (TPSA) is 80.9 Å². The van der Waals surface area contributed by atoms with E-state index in [1.807, 2.05) is 18.2 Å². The van der Waals surface area contributed by atoms with Crippen molar-refractivity contribution in [3.63, 3.8) is 0 Å². The largest absolute Gasteiger partial charge is 0.392 e. The zero-order valence-corrected chi connectivity index (χ0v) is 12.0. The summed E-state index contributed by atoms with van der Waals surface area (Å²) >= 11 is 0. The summed E-state index contributed by atoms with van der Waals surface area (Å²) in [5.74, 6) is 0. The van der Waals surface area contributed by atoms with E-state index in [2.05, 4.69) is 36.1 Å². The van der Waals surface area contributed by atoms with Gasteiger partial charge < -0.3 is 20.4 Å². The molecule has 2 aromatic rings. The van der Waals surface area contributed by atoms with Crippen LogP contribution in [0.25, 0.3) is 11.0 Å². The molecule has 108 valence electrons. The molecule has 1 saturated carbocycles. The van der Waals surface area contributed by atoms with E-state index in [9.17, 15) is 9.90 Å². The van der Waals surface area contributed by atoms with Crippen LogP contribution in [0.5, 0.6) is 0 Å². The first-order valence-corrected chi connectivity index (χ1v) is 7.04. The van der Waals surface area contributed by atoms with Crippen LogP contribution in [0.2, 0.25) is 0 Å². The number of aliphatic hydroxyl groups is 1. The second kappa shape index (κ2) is 4.46. The second-order valence-electron chi connectivity index (χ2n) is 6.40. The molecule has 20 heavy (non-hydrogen) atoms. The minimum absolute atomic E-state index is 0.0826. The smallest absolute Gasteiger partial charge is 0.323 e. The Morgan fingerprint density at radius 2 is 2.05 bits per heavy atom. The molecule has 0 amide bonds. The highest BCUT2D eigenvalue weighted by Crippen LogP contribution is 2.41. The minimum atomic E-state index is -0.226. The molecular formula is C15H21N3O2. The number of hydrogen-bond donors (Lipinski definition) is 4. The summed E-state index contributed by atoms with van der Waals surface area (Å²) in [6.07, 6.45) is 0.566. The quantitative estimate of drug-likeness (QED) is 0.688. The monoisotopic (exact) mass is 275 g/mol. The number of aromatic nitrogens is 2. The standard InChI is InChI=1S/C15H21N3O2/c1-8(16-12-7-13(19)15(12,2)3)9-4-5-10-11(6-9)18-14(20)17-10/h4-6,8,12-13,16,19H,7H2,1-3H3,(H2,17,18,20). The van der Waals surface area contributed by atoms with Gasteiger partial charge in [-0.1, -0.05) is 19.9 Å². The van der Waals surface area contributed by atoms with Gasteiger partial charge in [-0.2, -0.15) is 0 Å². The molecule has 0 radical (unpaired) electrons. The maximum absolute atomic E-state index is 11.3. The van der Waals surface area contributed by atoms with Gasteiger partial charge in [0.05, 0.1) is 17.1 Å². The van der Waals surface area contributed by atoms with Crippen molar-refractivity contribution in [3.8, 4) is 0 Å². The van der Waals surface area contributed by atoms with E-state index < -0.39 is 0 Å². The minimum Gasteiger partial charge on any atom is -0.392 e. The van der Waals surface area contributed by atoms with E-state index in [0.717, 1.165) is 23.0 Å². The Bertz CT molecular complexity index is 686. The number of aromatic amines is 2. The summed E-state index contributed by atoms with van der Waals surface area (Å²) in [4.78, 5) is 16.8. The second-order valence-corrected chi connectivity index (χ2v) is 6.40. The molecule has 0 bridgehead atoms. The SMILES string of the molecule is CC(NC1CC(O)C1(C)C)c1ccc2[nH]c(=O)[nH]c2c1. The Morgan fingerprint density at radius 1 is 1.35 bits per heavy atom. The van der Waals surface area contributed by atoms with Crippen LogP contribution in [-0.4, -0.2) is 27.2 Å². The number of nitrogens with one attached hydrogen (secondary N) is 3. The maximum atomic E-state index is 11.3. The lowest BCUT2D eigenvalue weighted by Crippen LogP contribution is -2.60. The molecule has 1 aliphatic rings. The highest BCUT2D eigenvalue weighted by Gasteiger charge is 2.47. The van der Waals surface area contributed by atoms with E-state index in [1.54, 1.807) is 0 Å². The van der Waals surface area contributed by atoms with Crippen molar-refractivity contribution >= 4 is 11.0 Å². The van der Waals surface area contributed by atoms with Crippen LogP contribution >= 0.6 is 0 Å². The lowest BCUT2D eigenvalue weighted by atomic mass is 9.64. The predicted molar refractivity (Wildman–Crippen MR) is 78.7 cm³/mol. The summed E-state index contributed by atoms with van der Waals surface area (Å²) < 4.78 is 0. The zero-order valence-electron chi connectivity index (χ0n) is 12.0. The fourth-order valence-corrected chi connectivity index (χ4v) is 2.90. The molecule has 1 heterocycles. The molecule has 5 nitrogen and oxygen atoms in total. The van der Waals surface area contributed by atoms with E-state index in [4.69, 9.17) is 0 Å². The number of hydrogen-bond acceptors (Lipinski definition) is 3. The van der Waals surface area contributed by atoms with Crippen molar-refractivity contribution in [1.29, 1.82) is 0 Å². The summed E-state index contributed by atoms with van der Waals surface area (Å²) in [6.45, 7) is 6.27. The average molecular weight is 275 g/mol. The molecule has 3 rings (SSSR count). The van der Waals surface area contributed by atoms with Crippen LogP contribution in [0.4, 0.5) is 0 Å². The average Bonchev–Trinajstić information content (AvgIpc) is 2.77. The number of aliphatic hydroxyl groups excluding tert-OH is 1. The molecular weight excluding hydrogens is 254 g/mol. The molecule has 3 atom stereocenters. The maximum Gasteiger partial charge on any atom is 0.323 e. The molecule has 0 saturated heterocycles. The van der Waals surface area contributed by atoms with Gasteiger partial charge in [-0.05, 0) is 31.0 Å². The summed E-state index contributed by atoms with van der Waals surface area (Å²) in [5, 5.41) is 13.4. The Kier molecular flexibility index (Phi) is 2.99.